The van der Waals surface area contributed by atoms with Gasteiger partial charge in [0.1, 0.15) is 23.8 Å². The summed E-state index contributed by atoms with van der Waals surface area (Å²) in [5.41, 5.74) is 0. The van der Waals surface area contributed by atoms with Crippen LogP contribution in [0.2, 0.25) is 0 Å². The predicted octanol–water partition coefficient (Wildman–Crippen LogP) is 3.11. The second-order valence-corrected chi connectivity index (χ2v) is 9.51. The molecule has 11 nitrogen and oxygen atoms in total. The summed E-state index contributed by atoms with van der Waals surface area (Å²) in [7, 11) is 0. The molecule has 1 aliphatic carbocycles. The van der Waals surface area contributed by atoms with E-state index in [2.05, 4.69) is 39.5 Å². The van der Waals surface area contributed by atoms with Gasteiger partial charge in [-0.2, -0.15) is 4.80 Å². The Hall–Kier alpha value is -3.47. The van der Waals surface area contributed by atoms with Gasteiger partial charge in [-0.15, -0.1) is 10.2 Å². The number of nitrogens with zero attached hydrogens (tertiary/aromatic N) is 6. The topological polar surface area (TPSA) is 123 Å². The molecule has 0 saturated heterocycles. The Morgan fingerprint density at radius 3 is 2.38 bits per heavy atom. The molecule has 1 fully saturated rings. The molecule has 200 valence electrons. The number of hydrogen-bond acceptors (Lipinski definition) is 8. The first-order valence-corrected chi connectivity index (χ1v) is 13.1. The molecule has 0 aromatic carbocycles. The van der Waals surface area contributed by atoms with E-state index in [1.165, 1.54) is 4.80 Å². The fourth-order valence-electron chi connectivity index (χ4n) is 4.74. The van der Waals surface area contributed by atoms with Crippen LogP contribution >= 0.6 is 0 Å². The lowest BCUT2D eigenvalue weighted by molar-refractivity contribution is -0.143. The molecule has 3 heterocycles. The van der Waals surface area contributed by atoms with E-state index in [1.54, 1.807) is 17.0 Å². The van der Waals surface area contributed by atoms with Crippen molar-refractivity contribution in [2.24, 2.45) is 0 Å². The van der Waals surface area contributed by atoms with Crippen LogP contribution in [0.3, 0.4) is 0 Å². The van der Waals surface area contributed by atoms with Gasteiger partial charge >= 0.3 is 0 Å². The van der Waals surface area contributed by atoms with Crippen LogP contribution in [0.15, 0.2) is 33.1 Å². The van der Waals surface area contributed by atoms with Crippen molar-refractivity contribution >= 4 is 11.8 Å². The Morgan fingerprint density at radius 2 is 1.76 bits per heavy atom. The minimum atomic E-state index is -0.895. The van der Waals surface area contributed by atoms with Crippen LogP contribution in [-0.4, -0.2) is 74.0 Å². The van der Waals surface area contributed by atoms with Crippen LogP contribution < -0.4 is 5.32 Å². The first kappa shape index (κ1) is 26.6. The maximum Gasteiger partial charge on any atom is 0.250 e. The molecule has 1 saturated carbocycles. The van der Waals surface area contributed by atoms with Crippen molar-refractivity contribution in [3.05, 3.63) is 41.5 Å². The third kappa shape index (κ3) is 6.65. The summed E-state index contributed by atoms with van der Waals surface area (Å²) in [4.78, 5) is 32.4. The number of amides is 2. The van der Waals surface area contributed by atoms with Crippen molar-refractivity contribution < 1.29 is 18.4 Å². The van der Waals surface area contributed by atoms with E-state index in [9.17, 15) is 9.59 Å². The predicted molar refractivity (Wildman–Crippen MR) is 136 cm³/mol. The molecule has 11 heteroatoms. The lowest BCUT2D eigenvalue weighted by atomic mass is 10.1. The molecule has 37 heavy (non-hydrogen) atoms. The highest BCUT2D eigenvalue weighted by Gasteiger charge is 2.35. The van der Waals surface area contributed by atoms with E-state index in [-0.39, 0.29) is 24.4 Å². The highest BCUT2D eigenvalue weighted by molar-refractivity contribution is 5.88. The van der Waals surface area contributed by atoms with E-state index >= 15 is 0 Å². The summed E-state index contributed by atoms with van der Waals surface area (Å²) < 4.78 is 11.5. The van der Waals surface area contributed by atoms with Crippen LogP contribution in [0.25, 0.3) is 11.6 Å². The number of rotatable bonds is 12. The number of carbonyl (C=O) groups excluding carboxylic acids is 2. The van der Waals surface area contributed by atoms with Gasteiger partial charge in [-0.3, -0.25) is 9.59 Å². The third-order valence-electron chi connectivity index (χ3n) is 6.85. The third-order valence-corrected chi connectivity index (χ3v) is 6.85. The number of furan rings is 2. The molecule has 0 bridgehead atoms. The van der Waals surface area contributed by atoms with Gasteiger partial charge in [0.25, 0.3) is 5.91 Å². The highest BCUT2D eigenvalue weighted by atomic mass is 16.3. The van der Waals surface area contributed by atoms with Gasteiger partial charge in [0.15, 0.2) is 11.8 Å². The number of hydrogen-bond donors (Lipinski definition) is 1. The zero-order valence-electron chi connectivity index (χ0n) is 22.1. The highest BCUT2D eigenvalue weighted by Crippen LogP contribution is 2.26. The van der Waals surface area contributed by atoms with Crippen LogP contribution in [0.5, 0.6) is 0 Å². The molecule has 0 radical (unpaired) electrons. The van der Waals surface area contributed by atoms with E-state index < -0.39 is 6.04 Å². The zero-order chi connectivity index (χ0) is 26.4. The molecule has 1 atom stereocenters. The Balaban J connectivity index is 1.60. The van der Waals surface area contributed by atoms with Gasteiger partial charge in [-0.05, 0) is 69.3 Å². The van der Waals surface area contributed by atoms with Gasteiger partial charge in [-0.1, -0.05) is 26.7 Å². The van der Waals surface area contributed by atoms with Crippen LogP contribution in [-0.2, 0) is 16.1 Å². The van der Waals surface area contributed by atoms with Crippen molar-refractivity contribution in [3.8, 4) is 11.6 Å². The minimum Gasteiger partial charge on any atom is -0.464 e. The normalized spacial score (nSPS) is 14.8. The van der Waals surface area contributed by atoms with Crippen molar-refractivity contribution in [2.75, 3.05) is 26.2 Å². The molecule has 2 amide bonds. The lowest BCUT2D eigenvalue weighted by Crippen LogP contribution is -2.49. The summed E-state index contributed by atoms with van der Waals surface area (Å²) >= 11 is 0. The second-order valence-electron chi connectivity index (χ2n) is 9.51. The van der Waals surface area contributed by atoms with Gasteiger partial charge in [0.05, 0.1) is 0 Å². The number of likely N-dealkylation sites (N-methyl/N-ethyl adjacent to an activating group) is 1. The average molecular weight is 512 g/mol. The fourth-order valence-corrected chi connectivity index (χ4v) is 4.74. The van der Waals surface area contributed by atoms with E-state index in [1.807, 2.05) is 26.0 Å². The summed E-state index contributed by atoms with van der Waals surface area (Å²) in [6.45, 7) is 10.3. The maximum atomic E-state index is 13.7. The van der Waals surface area contributed by atoms with Crippen molar-refractivity contribution in [2.45, 2.75) is 72.0 Å². The largest absolute Gasteiger partial charge is 0.464 e. The standard InChI is InChI=1S/C26H37N7O4/c1-5-31(6-2)15-16-32(23(34)17-33-29-25(28-30-33)22-14-12-19(4)37-22)24(21-13-11-18(3)36-21)26(35)27-20-9-7-8-10-20/h11-14,20,24H,5-10,15-17H2,1-4H3,(H,27,35). The molecule has 0 spiro atoms. The van der Waals surface area contributed by atoms with Crippen LogP contribution in [0.1, 0.15) is 62.9 Å². The monoisotopic (exact) mass is 511 g/mol. The lowest BCUT2D eigenvalue weighted by Gasteiger charge is -2.32. The summed E-state index contributed by atoms with van der Waals surface area (Å²) in [6, 6.07) is 6.38. The zero-order valence-corrected chi connectivity index (χ0v) is 22.1. The molecular weight excluding hydrogens is 474 g/mol. The number of nitrogens with one attached hydrogen (secondary N) is 1. The molecule has 1 unspecified atom stereocenters. The molecule has 4 rings (SSSR count). The number of aryl methyl sites for hydroxylation is 2. The fraction of sp³-hybridized carbons (Fsp3) is 0.577. The van der Waals surface area contributed by atoms with Gasteiger partial charge < -0.3 is 24.0 Å². The Labute approximate surface area is 217 Å². The minimum absolute atomic E-state index is 0.113. The van der Waals surface area contributed by atoms with Gasteiger partial charge in [0, 0.05) is 19.1 Å². The Kier molecular flexibility index (Phi) is 8.75. The molecule has 3 aromatic rings. The van der Waals surface area contributed by atoms with Crippen LogP contribution in [0, 0.1) is 13.8 Å². The van der Waals surface area contributed by atoms with Gasteiger partial charge in [-0.25, -0.2) is 0 Å². The average Bonchev–Trinajstić information content (AvgIpc) is 3.68. The maximum absolute atomic E-state index is 13.7. The van der Waals surface area contributed by atoms with Crippen molar-refractivity contribution in [1.82, 2.24) is 35.3 Å². The smallest absolute Gasteiger partial charge is 0.250 e. The number of carbonyl (C=O) groups is 2. The molecule has 1 N–H and O–H groups in total. The summed E-state index contributed by atoms with van der Waals surface area (Å²) in [5, 5.41) is 15.6. The SMILES string of the molecule is CCN(CC)CCN(C(=O)Cn1nnc(-c2ccc(C)o2)n1)C(C(=O)NC1CCCC1)c1ccc(C)o1. The Morgan fingerprint density at radius 1 is 1.05 bits per heavy atom. The summed E-state index contributed by atoms with van der Waals surface area (Å²) in [5.74, 6) is 2.11. The second kappa shape index (κ2) is 12.2. The first-order chi connectivity index (χ1) is 17.9. The Bertz CT molecular complexity index is 1170. The first-order valence-electron chi connectivity index (χ1n) is 13.1. The molecular formula is C26H37N7O4. The molecule has 1 aliphatic rings. The molecule has 0 aliphatic heterocycles. The quantitative estimate of drug-likeness (QED) is 0.394. The van der Waals surface area contributed by atoms with E-state index in [4.69, 9.17) is 8.83 Å². The molecule has 3 aromatic heterocycles. The van der Waals surface area contributed by atoms with Crippen molar-refractivity contribution in [1.29, 1.82) is 0 Å². The summed E-state index contributed by atoms with van der Waals surface area (Å²) in [6.07, 6.45) is 4.08. The number of aromatic nitrogens is 4. The van der Waals surface area contributed by atoms with E-state index in [0.717, 1.165) is 44.5 Å². The van der Waals surface area contributed by atoms with Crippen LogP contribution in [0.4, 0.5) is 0 Å². The number of tetrazole rings is 1. The van der Waals surface area contributed by atoms with E-state index in [0.29, 0.717) is 36.2 Å². The van der Waals surface area contributed by atoms with Crippen molar-refractivity contribution in [3.63, 3.8) is 0 Å². The van der Waals surface area contributed by atoms with Gasteiger partial charge in [0.2, 0.25) is 11.7 Å².